The normalized spacial score (nSPS) is 19.9. The van der Waals surface area contributed by atoms with Crippen molar-refractivity contribution in [3.8, 4) is 11.3 Å². The molecule has 0 bridgehead atoms. The maximum absolute atomic E-state index is 13.5. The first-order valence-corrected chi connectivity index (χ1v) is 12.7. The molecule has 5 rings (SSSR count). The van der Waals surface area contributed by atoms with E-state index in [1.54, 1.807) is 22.7 Å². The minimum atomic E-state index is -3.22. The molecule has 0 radical (unpaired) electrons. The molecule has 3 aromatic rings. The maximum Gasteiger partial charge on any atom is 0.273 e. The number of pyridine rings is 1. The standard InChI is InChI=1S/C23H22FN5O4S/c1-14-8-10-28-19(12-14)25-21(15-2-4-16(24)5-3-15)22(28)26-23(31)18-6-7-20(30)29(27-18)17-9-11-34(32,33)13-17/h2-5,8,10,12,17H,6-7,9,11,13H2,1H3,(H,26,31)/t17-/m1/s1. The van der Waals surface area contributed by atoms with Crippen molar-refractivity contribution in [2.24, 2.45) is 5.10 Å². The van der Waals surface area contributed by atoms with E-state index in [4.69, 9.17) is 0 Å². The number of carbonyl (C=O) groups is 2. The van der Waals surface area contributed by atoms with E-state index >= 15 is 0 Å². The number of hydrazone groups is 1. The van der Waals surface area contributed by atoms with E-state index in [1.807, 2.05) is 19.1 Å². The fourth-order valence-electron chi connectivity index (χ4n) is 4.24. The second-order valence-corrected chi connectivity index (χ2v) is 10.8. The number of aryl methyl sites for hydroxylation is 1. The molecule has 1 aromatic carbocycles. The number of aromatic nitrogens is 2. The van der Waals surface area contributed by atoms with E-state index in [-0.39, 0.29) is 41.8 Å². The average Bonchev–Trinajstić information content (AvgIpc) is 3.33. The van der Waals surface area contributed by atoms with Crippen molar-refractivity contribution in [1.82, 2.24) is 14.4 Å². The number of carbonyl (C=O) groups excluding carboxylic acids is 2. The Hall–Kier alpha value is -3.60. The molecule has 4 heterocycles. The highest BCUT2D eigenvalue weighted by molar-refractivity contribution is 7.91. The predicted molar refractivity (Wildman–Crippen MR) is 125 cm³/mol. The molecule has 1 saturated heterocycles. The van der Waals surface area contributed by atoms with Crippen molar-refractivity contribution in [2.75, 3.05) is 16.8 Å². The van der Waals surface area contributed by atoms with Gasteiger partial charge in [0, 0.05) is 24.6 Å². The summed E-state index contributed by atoms with van der Waals surface area (Å²) in [5.41, 5.74) is 2.81. The average molecular weight is 484 g/mol. The van der Waals surface area contributed by atoms with Crippen molar-refractivity contribution >= 4 is 38.8 Å². The molecule has 2 aromatic heterocycles. The van der Waals surface area contributed by atoms with E-state index < -0.39 is 21.8 Å². The number of hydrogen-bond donors (Lipinski definition) is 1. The van der Waals surface area contributed by atoms with Gasteiger partial charge in [-0.3, -0.25) is 14.0 Å². The van der Waals surface area contributed by atoms with Crippen LogP contribution in [0.2, 0.25) is 0 Å². The summed E-state index contributed by atoms with van der Waals surface area (Å²) in [7, 11) is -3.22. The van der Waals surface area contributed by atoms with Crippen molar-refractivity contribution in [2.45, 2.75) is 32.2 Å². The van der Waals surface area contributed by atoms with Gasteiger partial charge in [-0.15, -0.1) is 0 Å². The molecule has 0 aliphatic carbocycles. The lowest BCUT2D eigenvalue weighted by Gasteiger charge is -2.27. The quantitative estimate of drug-likeness (QED) is 0.613. The second-order valence-electron chi connectivity index (χ2n) is 8.54. The molecular formula is C23H22FN5O4S. The van der Waals surface area contributed by atoms with Crippen LogP contribution in [-0.2, 0) is 19.4 Å². The van der Waals surface area contributed by atoms with Gasteiger partial charge in [0.2, 0.25) is 5.91 Å². The summed E-state index contributed by atoms with van der Waals surface area (Å²) >= 11 is 0. The Morgan fingerprint density at radius 2 is 1.94 bits per heavy atom. The molecule has 0 saturated carbocycles. The van der Waals surface area contributed by atoms with E-state index in [9.17, 15) is 22.4 Å². The van der Waals surface area contributed by atoms with Crippen LogP contribution in [0.4, 0.5) is 10.2 Å². The number of halogens is 1. The van der Waals surface area contributed by atoms with Crippen LogP contribution < -0.4 is 5.32 Å². The smallest absolute Gasteiger partial charge is 0.273 e. The highest BCUT2D eigenvalue weighted by Crippen LogP contribution is 2.30. The van der Waals surface area contributed by atoms with Crippen LogP contribution in [0, 0.1) is 12.7 Å². The van der Waals surface area contributed by atoms with Crippen LogP contribution in [0.25, 0.3) is 16.9 Å². The predicted octanol–water partition coefficient (Wildman–Crippen LogP) is 2.55. The van der Waals surface area contributed by atoms with Gasteiger partial charge in [0.05, 0.1) is 17.5 Å². The Morgan fingerprint density at radius 1 is 1.18 bits per heavy atom. The fourth-order valence-corrected chi connectivity index (χ4v) is 5.93. The van der Waals surface area contributed by atoms with E-state index in [0.29, 0.717) is 29.1 Å². The molecular weight excluding hydrogens is 461 g/mol. The third-order valence-corrected chi connectivity index (χ3v) is 7.76. The summed E-state index contributed by atoms with van der Waals surface area (Å²) < 4.78 is 38.9. The summed E-state index contributed by atoms with van der Waals surface area (Å²) in [5.74, 6) is -0.954. The number of nitrogens with zero attached hydrogens (tertiary/aromatic N) is 4. The monoisotopic (exact) mass is 483 g/mol. The van der Waals surface area contributed by atoms with E-state index in [2.05, 4.69) is 15.4 Å². The van der Waals surface area contributed by atoms with Crippen LogP contribution >= 0.6 is 0 Å². The summed E-state index contributed by atoms with van der Waals surface area (Å²) in [6, 6.07) is 8.98. The first-order valence-electron chi connectivity index (χ1n) is 10.9. The van der Waals surface area contributed by atoms with Crippen LogP contribution in [0.3, 0.4) is 0 Å². The minimum Gasteiger partial charge on any atom is -0.305 e. The fraction of sp³-hybridized carbons (Fsp3) is 0.304. The molecule has 34 heavy (non-hydrogen) atoms. The number of sulfone groups is 1. The van der Waals surface area contributed by atoms with Gasteiger partial charge in [-0.05, 0) is 55.3 Å². The summed E-state index contributed by atoms with van der Waals surface area (Å²) in [6.07, 6.45) is 2.29. The van der Waals surface area contributed by atoms with E-state index in [0.717, 1.165) is 10.6 Å². The Kier molecular flexibility index (Phi) is 5.43. The minimum absolute atomic E-state index is 0.000751. The van der Waals surface area contributed by atoms with Crippen molar-refractivity contribution in [3.63, 3.8) is 0 Å². The van der Waals surface area contributed by atoms with E-state index in [1.165, 1.54) is 12.1 Å². The highest BCUT2D eigenvalue weighted by atomic mass is 32.2. The third-order valence-electron chi connectivity index (χ3n) is 6.01. The molecule has 2 aliphatic heterocycles. The molecule has 0 spiro atoms. The Labute approximate surface area is 195 Å². The molecule has 2 amide bonds. The van der Waals surface area contributed by atoms with Crippen LogP contribution in [0.15, 0.2) is 47.7 Å². The number of rotatable bonds is 4. The molecule has 11 heteroatoms. The zero-order valence-electron chi connectivity index (χ0n) is 18.4. The lowest BCUT2D eigenvalue weighted by molar-refractivity contribution is -0.133. The van der Waals surface area contributed by atoms with Crippen LogP contribution in [0.5, 0.6) is 0 Å². The highest BCUT2D eigenvalue weighted by Gasteiger charge is 2.37. The van der Waals surface area contributed by atoms with Gasteiger partial charge in [-0.2, -0.15) is 5.10 Å². The lowest BCUT2D eigenvalue weighted by Crippen LogP contribution is -2.42. The van der Waals surface area contributed by atoms with Gasteiger partial charge in [-0.1, -0.05) is 0 Å². The van der Waals surface area contributed by atoms with Gasteiger partial charge in [0.25, 0.3) is 5.91 Å². The topological polar surface area (TPSA) is 113 Å². The number of anilines is 1. The summed E-state index contributed by atoms with van der Waals surface area (Å²) in [4.78, 5) is 30.2. The number of fused-ring (bicyclic) bond motifs is 1. The number of nitrogens with one attached hydrogen (secondary N) is 1. The Bertz CT molecular complexity index is 1450. The first kappa shape index (κ1) is 22.2. The lowest BCUT2D eigenvalue weighted by atomic mass is 10.1. The van der Waals surface area contributed by atoms with Gasteiger partial charge in [-0.25, -0.2) is 22.8 Å². The van der Waals surface area contributed by atoms with Crippen LogP contribution in [0.1, 0.15) is 24.8 Å². The number of benzene rings is 1. The van der Waals surface area contributed by atoms with Crippen LogP contribution in [-0.4, -0.2) is 57.9 Å². The summed E-state index contributed by atoms with van der Waals surface area (Å²) in [6.45, 7) is 1.93. The third kappa shape index (κ3) is 4.18. The molecule has 9 nitrogen and oxygen atoms in total. The Morgan fingerprint density at radius 3 is 2.65 bits per heavy atom. The molecule has 1 atom stereocenters. The number of hydrogen-bond acceptors (Lipinski definition) is 6. The largest absolute Gasteiger partial charge is 0.305 e. The zero-order valence-corrected chi connectivity index (χ0v) is 19.2. The molecule has 176 valence electrons. The first-order chi connectivity index (χ1) is 16.2. The maximum atomic E-state index is 13.5. The summed E-state index contributed by atoms with van der Waals surface area (Å²) in [5, 5.41) is 8.26. The second kappa shape index (κ2) is 8.32. The molecule has 0 unspecified atom stereocenters. The molecule has 1 N–H and O–H groups in total. The number of amides is 2. The molecule has 2 aliphatic rings. The number of imidazole rings is 1. The molecule has 1 fully saturated rings. The Balaban J connectivity index is 1.49. The SMILES string of the molecule is Cc1ccn2c(NC(=O)C3=NN([C@@H]4CCS(=O)(=O)C4)C(=O)CC3)c(-c3ccc(F)cc3)nc2c1. The van der Waals surface area contributed by atoms with Gasteiger partial charge in [0.1, 0.15) is 28.7 Å². The van der Waals surface area contributed by atoms with Crippen molar-refractivity contribution in [3.05, 3.63) is 54.0 Å². The zero-order chi connectivity index (χ0) is 24.0. The van der Waals surface area contributed by atoms with Crippen molar-refractivity contribution in [1.29, 1.82) is 0 Å². The van der Waals surface area contributed by atoms with Crippen molar-refractivity contribution < 1.29 is 22.4 Å². The van der Waals surface area contributed by atoms with Gasteiger partial charge >= 0.3 is 0 Å². The van der Waals surface area contributed by atoms with Gasteiger partial charge in [0.15, 0.2) is 9.84 Å². The van der Waals surface area contributed by atoms with Gasteiger partial charge < -0.3 is 5.32 Å².